The lowest BCUT2D eigenvalue weighted by atomic mass is 10.0. The van der Waals surface area contributed by atoms with Gasteiger partial charge in [-0.1, -0.05) is 25.4 Å². The summed E-state index contributed by atoms with van der Waals surface area (Å²) in [4.78, 5) is 0. The Bertz CT molecular complexity index is 273. The van der Waals surface area contributed by atoms with Crippen LogP contribution in [0.1, 0.15) is 19.4 Å². The number of nitrogen functional groups attached to an aromatic ring is 1. The average Bonchev–Trinajstić information content (AvgIpc) is 1.96. The van der Waals surface area contributed by atoms with Crippen LogP contribution in [-0.2, 0) is 6.42 Å². The quantitative estimate of drug-likeness (QED) is 0.766. The lowest BCUT2D eigenvalue weighted by Gasteiger charge is -2.06. The third-order valence-electron chi connectivity index (χ3n) is 1.50. The van der Waals surface area contributed by atoms with E-state index in [0.29, 0.717) is 16.9 Å². The highest BCUT2D eigenvalue weighted by Gasteiger charge is 2.04. The molecule has 1 aromatic rings. The van der Waals surface area contributed by atoms with E-state index in [-0.39, 0.29) is 0 Å². The molecule has 66 valence electrons. The second kappa shape index (κ2) is 3.72. The lowest BCUT2D eigenvalue weighted by molar-refractivity contribution is 0.645. The molecule has 12 heavy (non-hydrogen) atoms. The molecule has 0 spiro atoms. The van der Waals surface area contributed by atoms with Crippen molar-refractivity contribution in [2.45, 2.75) is 20.3 Å². The Morgan fingerprint density at radius 1 is 1.50 bits per heavy atom. The summed E-state index contributed by atoms with van der Waals surface area (Å²) in [6.07, 6.45) is 0.890. The van der Waals surface area contributed by atoms with E-state index in [1.807, 2.05) is 0 Å². The van der Waals surface area contributed by atoms with Gasteiger partial charge in [0.15, 0.2) is 5.15 Å². The molecule has 0 saturated heterocycles. The molecular formula is C8H12ClN3. The molecule has 0 saturated carbocycles. The van der Waals surface area contributed by atoms with Gasteiger partial charge in [0.25, 0.3) is 0 Å². The van der Waals surface area contributed by atoms with Crippen LogP contribution in [-0.4, -0.2) is 10.2 Å². The first kappa shape index (κ1) is 9.26. The summed E-state index contributed by atoms with van der Waals surface area (Å²) >= 11 is 5.67. The summed E-state index contributed by atoms with van der Waals surface area (Å²) in [5.74, 6) is 1.03. The Labute approximate surface area is 76.9 Å². The second-order valence-corrected chi connectivity index (χ2v) is 3.56. The number of nitrogens with two attached hydrogens (primary N) is 1. The van der Waals surface area contributed by atoms with Crippen molar-refractivity contribution in [1.29, 1.82) is 0 Å². The van der Waals surface area contributed by atoms with Gasteiger partial charge in [0, 0.05) is 0 Å². The fourth-order valence-electron chi connectivity index (χ4n) is 1.02. The maximum absolute atomic E-state index is 5.67. The van der Waals surface area contributed by atoms with E-state index < -0.39 is 0 Å². The van der Waals surface area contributed by atoms with Crippen LogP contribution in [0.25, 0.3) is 0 Å². The van der Waals surface area contributed by atoms with Crippen molar-refractivity contribution in [3.63, 3.8) is 0 Å². The monoisotopic (exact) mass is 185 g/mol. The van der Waals surface area contributed by atoms with E-state index in [9.17, 15) is 0 Å². The van der Waals surface area contributed by atoms with Crippen LogP contribution in [0.4, 0.5) is 5.82 Å². The first-order valence-electron chi connectivity index (χ1n) is 3.87. The molecule has 0 aliphatic carbocycles. The molecule has 1 aromatic heterocycles. The Morgan fingerprint density at radius 2 is 2.17 bits per heavy atom. The van der Waals surface area contributed by atoms with Gasteiger partial charge in [-0.3, -0.25) is 0 Å². The van der Waals surface area contributed by atoms with Crippen LogP contribution < -0.4 is 5.73 Å². The molecule has 3 nitrogen and oxygen atoms in total. The highest BCUT2D eigenvalue weighted by Crippen LogP contribution is 2.15. The molecule has 0 aliphatic heterocycles. The van der Waals surface area contributed by atoms with Gasteiger partial charge in [-0.05, 0) is 24.0 Å². The largest absolute Gasteiger partial charge is 0.382 e. The first-order valence-corrected chi connectivity index (χ1v) is 4.25. The zero-order chi connectivity index (χ0) is 9.14. The number of rotatable bonds is 2. The molecule has 1 rings (SSSR count). The van der Waals surface area contributed by atoms with Crippen LogP contribution in [0, 0.1) is 5.92 Å². The van der Waals surface area contributed by atoms with Crippen molar-refractivity contribution in [3.05, 3.63) is 16.8 Å². The third kappa shape index (κ3) is 2.34. The van der Waals surface area contributed by atoms with Crippen molar-refractivity contribution < 1.29 is 0 Å². The zero-order valence-corrected chi connectivity index (χ0v) is 7.97. The maximum atomic E-state index is 5.67. The van der Waals surface area contributed by atoms with Gasteiger partial charge in [-0.2, -0.15) is 0 Å². The lowest BCUT2D eigenvalue weighted by Crippen LogP contribution is -2.03. The predicted molar refractivity (Wildman–Crippen MR) is 50.0 cm³/mol. The number of hydrogen-bond donors (Lipinski definition) is 1. The summed E-state index contributed by atoms with van der Waals surface area (Å²) in [6.45, 7) is 4.24. The molecular weight excluding hydrogens is 174 g/mol. The summed E-state index contributed by atoms with van der Waals surface area (Å²) < 4.78 is 0. The van der Waals surface area contributed by atoms with Crippen LogP contribution >= 0.6 is 11.6 Å². The molecule has 4 heteroatoms. The molecule has 0 radical (unpaired) electrons. The highest BCUT2D eigenvalue weighted by molar-refractivity contribution is 6.29. The summed E-state index contributed by atoms with van der Waals surface area (Å²) in [7, 11) is 0. The van der Waals surface area contributed by atoms with Crippen LogP contribution in [0.2, 0.25) is 5.15 Å². The minimum atomic E-state index is 0.403. The zero-order valence-electron chi connectivity index (χ0n) is 7.21. The normalized spacial score (nSPS) is 10.7. The van der Waals surface area contributed by atoms with Gasteiger partial charge in [0.1, 0.15) is 5.82 Å². The number of hydrogen-bond acceptors (Lipinski definition) is 3. The van der Waals surface area contributed by atoms with Crippen molar-refractivity contribution in [3.8, 4) is 0 Å². The van der Waals surface area contributed by atoms with Crippen molar-refractivity contribution in [2.75, 3.05) is 5.73 Å². The fourth-order valence-corrected chi connectivity index (χ4v) is 1.19. The van der Waals surface area contributed by atoms with Crippen LogP contribution in [0.5, 0.6) is 0 Å². The minimum absolute atomic E-state index is 0.403. The summed E-state index contributed by atoms with van der Waals surface area (Å²) in [5, 5.41) is 7.77. The van der Waals surface area contributed by atoms with Crippen molar-refractivity contribution in [2.24, 2.45) is 5.92 Å². The Morgan fingerprint density at radius 3 is 2.75 bits per heavy atom. The maximum Gasteiger partial charge on any atom is 0.152 e. The fraction of sp³-hybridized carbons (Fsp3) is 0.500. The summed E-state index contributed by atoms with van der Waals surface area (Å²) in [6, 6.07) is 1.77. The van der Waals surface area contributed by atoms with E-state index in [4.69, 9.17) is 17.3 Å². The van der Waals surface area contributed by atoms with Gasteiger partial charge < -0.3 is 5.73 Å². The van der Waals surface area contributed by atoms with E-state index in [2.05, 4.69) is 24.0 Å². The molecule has 0 aliphatic rings. The molecule has 1 heterocycles. The molecule has 0 atom stereocenters. The van der Waals surface area contributed by atoms with E-state index in [0.717, 1.165) is 12.0 Å². The molecule has 0 unspecified atom stereocenters. The van der Waals surface area contributed by atoms with E-state index in [1.165, 1.54) is 0 Å². The molecule has 0 amide bonds. The van der Waals surface area contributed by atoms with Gasteiger partial charge >= 0.3 is 0 Å². The standard InChI is InChI=1S/C8H12ClN3/c1-5(2)3-6-4-7(9)11-12-8(6)10/h4-5H,3H2,1-2H3,(H2,10,12). The SMILES string of the molecule is CC(C)Cc1cc(Cl)nnc1N. The Hall–Kier alpha value is -0.830. The van der Waals surface area contributed by atoms with Gasteiger partial charge in [-0.15, -0.1) is 10.2 Å². The predicted octanol–water partition coefficient (Wildman–Crippen LogP) is 1.91. The topological polar surface area (TPSA) is 51.8 Å². The number of nitrogens with zero attached hydrogens (tertiary/aromatic N) is 2. The van der Waals surface area contributed by atoms with Gasteiger partial charge in [0.2, 0.25) is 0 Å². The van der Waals surface area contributed by atoms with Crippen LogP contribution in [0.3, 0.4) is 0 Å². The summed E-state index contributed by atoms with van der Waals surface area (Å²) in [5.41, 5.74) is 6.58. The first-order chi connectivity index (χ1) is 5.59. The van der Waals surface area contributed by atoms with Gasteiger partial charge in [0.05, 0.1) is 0 Å². The average molecular weight is 186 g/mol. The highest BCUT2D eigenvalue weighted by atomic mass is 35.5. The molecule has 0 aromatic carbocycles. The Balaban J connectivity index is 2.90. The second-order valence-electron chi connectivity index (χ2n) is 3.18. The van der Waals surface area contributed by atoms with Crippen molar-refractivity contribution in [1.82, 2.24) is 10.2 Å². The van der Waals surface area contributed by atoms with E-state index in [1.54, 1.807) is 6.07 Å². The third-order valence-corrected chi connectivity index (χ3v) is 1.69. The van der Waals surface area contributed by atoms with Gasteiger partial charge in [-0.25, -0.2) is 0 Å². The number of aromatic nitrogens is 2. The molecule has 2 N–H and O–H groups in total. The van der Waals surface area contributed by atoms with Crippen LogP contribution in [0.15, 0.2) is 6.07 Å². The smallest absolute Gasteiger partial charge is 0.152 e. The molecule has 0 fully saturated rings. The van der Waals surface area contributed by atoms with E-state index >= 15 is 0 Å². The molecule has 0 bridgehead atoms. The minimum Gasteiger partial charge on any atom is -0.382 e. The Kier molecular flexibility index (Phi) is 2.87. The number of halogens is 1. The van der Waals surface area contributed by atoms with Crippen molar-refractivity contribution >= 4 is 17.4 Å². The number of anilines is 1.